The van der Waals surface area contributed by atoms with Crippen molar-refractivity contribution in [2.45, 2.75) is 64.0 Å². The molecule has 0 aliphatic heterocycles. The Morgan fingerprint density at radius 2 is 1.88 bits per heavy atom. The number of nitrogens with one attached hydrogen (secondary N) is 1. The van der Waals surface area contributed by atoms with Gasteiger partial charge in [-0.1, -0.05) is 0 Å². The molecule has 2 rings (SSSR count). The van der Waals surface area contributed by atoms with Crippen LogP contribution in [-0.2, 0) is 4.74 Å². The van der Waals surface area contributed by atoms with E-state index < -0.39 is 5.60 Å². The predicted octanol–water partition coefficient (Wildman–Crippen LogP) is 2.21. The Labute approximate surface area is 103 Å². The number of amides is 1. The molecule has 0 aromatic rings. The van der Waals surface area contributed by atoms with Crippen molar-refractivity contribution in [3.05, 3.63) is 0 Å². The summed E-state index contributed by atoms with van der Waals surface area (Å²) in [5, 5.41) is 12.5. The van der Waals surface area contributed by atoms with Crippen LogP contribution in [0.5, 0.6) is 0 Å². The van der Waals surface area contributed by atoms with E-state index in [1.54, 1.807) is 0 Å². The molecule has 2 aliphatic carbocycles. The molecule has 4 heteroatoms. The van der Waals surface area contributed by atoms with E-state index >= 15 is 0 Å². The molecule has 0 saturated heterocycles. The first-order valence-corrected chi connectivity index (χ1v) is 6.45. The summed E-state index contributed by atoms with van der Waals surface area (Å²) in [5.74, 6) is 0. The highest BCUT2D eigenvalue weighted by molar-refractivity contribution is 5.69. The summed E-state index contributed by atoms with van der Waals surface area (Å²) in [7, 11) is 0. The van der Waals surface area contributed by atoms with Crippen LogP contribution in [0.3, 0.4) is 0 Å². The molecule has 2 aliphatic rings. The average molecular weight is 241 g/mol. The van der Waals surface area contributed by atoms with Gasteiger partial charge in [0.05, 0.1) is 12.1 Å². The van der Waals surface area contributed by atoms with Gasteiger partial charge in [0.1, 0.15) is 5.60 Å². The zero-order valence-electron chi connectivity index (χ0n) is 11.0. The molecule has 0 radical (unpaired) electrons. The predicted molar refractivity (Wildman–Crippen MR) is 64.7 cm³/mol. The van der Waals surface area contributed by atoms with Crippen molar-refractivity contribution in [3.8, 4) is 0 Å². The van der Waals surface area contributed by atoms with Crippen LogP contribution >= 0.6 is 0 Å². The number of aliphatic hydroxyl groups is 1. The van der Waals surface area contributed by atoms with Crippen LogP contribution in [0.4, 0.5) is 4.79 Å². The third kappa shape index (κ3) is 2.28. The zero-order valence-corrected chi connectivity index (χ0v) is 11.0. The molecule has 2 N–H and O–H groups in total. The second-order valence-electron chi connectivity index (χ2n) is 6.50. The smallest absolute Gasteiger partial charge is 0.408 e. The maximum Gasteiger partial charge on any atom is 0.408 e. The van der Waals surface area contributed by atoms with E-state index in [0.717, 1.165) is 32.1 Å². The van der Waals surface area contributed by atoms with Gasteiger partial charge in [-0.3, -0.25) is 0 Å². The second-order valence-corrected chi connectivity index (χ2v) is 6.50. The molecule has 0 aromatic carbocycles. The molecule has 0 unspecified atom stereocenters. The molecule has 0 heterocycles. The lowest BCUT2D eigenvalue weighted by molar-refractivity contribution is 0.00862. The van der Waals surface area contributed by atoms with Gasteiger partial charge < -0.3 is 15.2 Å². The van der Waals surface area contributed by atoms with Crippen molar-refractivity contribution in [2.24, 2.45) is 5.41 Å². The summed E-state index contributed by atoms with van der Waals surface area (Å²) < 4.78 is 5.30. The van der Waals surface area contributed by atoms with Crippen molar-refractivity contribution in [1.29, 1.82) is 0 Å². The highest BCUT2D eigenvalue weighted by atomic mass is 16.6. The largest absolute Gasteiger partial charge is 0.444 e. The van der Waals surface area contributed by atoms with E-state index in [1.165, 1.54) is 0 Å². The van der Waals surface area contributed by atoms with Crippen molar-refractivity contribution in [3.63, 3.8) is 0 Å². The normalized spacial score (nSPS) is 24.7. The number of carbonyl (C=O) groups is 1. The number of hydrogen-bond donors (Lipinski definition) is 2. The summed E-state index contributed by atoms with van der Waals surface area (Å²) in [4.78, 5) is 11.8. The van der Waals surface area contributed by atoms with Gasteiger partial charge in [0, 0.05) is 5.41 Å². The third-order valence-corrected chi connectivity index (χ3v) is 4.12. The Morgan fingerprint density at radius 1 is 1.29 bits per heavy atom. The van der Waals surface area contributed by atoms with Crippen LogP contribution in [0.2, 0.25) is 0 Å². The SMILES string of the molecule is CC(C)(C)OC(=O)NC1(C2(CO)CC2)CCC1. The fourth-order valence-electron chi connectivity index (χ4n) is 2.76. The van der Waals surface area contributed by atoms with Crippen LogP contribution in [-0.4, -0.2) is 28.9 Å². The Balaban J connectivity index is 1.99. The Kier molecular flexibility index (Phi) is 2.89. The van der Waals surface area contributed by atoms with Crippen molar-refractivity contribution < 1.29 is 14.6 Å². The topological polar surface area (TPSA) is 58.6 Å². The number of ether oxygens (including phenoxy) is 1. The highest BCUT2D eigenvalue weighted by Crippen LogP contribution is 2.60. The van der Waals surface area contributed by atoms with Crippen molar-refractivity contribution >= 4 is 6.09 Å². The Bertz CT molecular complexity index is 311. The van der Waals surface area contributed by atoms with Gasteiger partial charge in [-0.15, -0.1) is 0 Å². The van der Waals surface area contributed by atoms with Gasteiger partial charge in [0.15, 0.2) is 0 Å². The molecule has 17 heavy (non-hydrogen) atoms. The number of alkyl carbamates (subject to hydrolysis) is 1. The van der Waals surface area contributed by atoms with E-state index in [0.29, 0.717) is 0 Å². The molecular weight excluding hydrogens is 218 g/mol. The molecule has 0 aromatic heterocycles. The standard InChI is InChI=1S/C13H23NO3/c1-11(2,3)17-10(16)14-13(5-4-6-13)12(9-15)7-8-12/h15H,4-9H2,1-3H3,(H,14,16). The molecule has 0 bridgehead atoms. The van der Waals surface area contributed by atoms with Crippen LogP contribution in [0.25, 0.3) is 0 Å². The lowest BCUT2D eigenvalue weighted by atomic mass is 9.66. The quantitative estimate of drug-likeness (QED) is 0.796. The van der Waals surface area contributed by atoms with E-state index in [9.17, 15) is 9.90 Å². The maximum atomic E-state index is 11.8. The first-order valence-electron chi connectivity index (χ1n) is 6.45. The van der Waals surface area contributed by atoms with Crippen LogP contribution in [0.1, 0.15) is 52.9 Å². The highest BCUT2D eigenvalue weighted by Gasteiger charge is 2.62. The molecular formula is C13H23NO3. The van der Waals surface area contributed by atoms with Gasteiger partial charge in [-0.05, 0) is 52.9 Å². The minimum absolute atomic E-state index is 0.0673. The van der Waals surface area contributed by atoms with Crippen molar-refractivity contribution in [2.75, 3.05) is 6.61 Å². The first kappa shape index (κ1) is 12.7. The van der Waals surface area contributed by atoms with Gasteiger partial charge in [0.2, 0.25) is 0 Å². The summed E-state index contributed by atoms with van der Waals surface area (Å²) in [5.41, 5.74) is -0.739. The molecule has 2 saturated carbocycles. The fraction of sp³-hybridized carbons (Fsp3) is 0.923. The zero-order chi connectivity index (χ0) is 12.7. The average Bonchev–Trinajstić information content (AvgIpc) is 2.89. The number of rotatable bonds is 3. The number of carbonyl (C=O) groups excluding carboxylic acids is 1. The van der Waals surface area contributed by atoms with E-state index in [2.05, 4.69) is 5.32 Å². The van der Waals surface area contributed by atoms with Gasteiger partial charge >= 0.3 is 6.09 Å². The summed E-state index contributed by atoms with van der Waals surface area (Å²) >= 11 is 0. The van der Waals surface area contributed by atoms with Gasteiger partial charge in [-0.25, -0.2) is 4.79 Å². The van der Waals surface area contributed by atoms with E-state index in [4.69, 9.17) is 4.74 Å². The summed E-state index contributed by atoms with van der Waals surface area (Å²) in [6.07, 6.45) is 4.73. The van der Waals surface area contributed by atoms with E-state index in [-0.39, 0.29) is 23.7 Å². The number of hydrogen-bond acceptors (Lipinski definition) is 3. The van der Waals surface area contributed by atoms with Crippen LogP contribution < -0.4 is 5.32 Å². The summed E-state index contributed by atoms with van der Waals surface area (Å²) in [6, 6.07) is 0. The molecule has 0 atom stereocenters. The Hall–Kier alpha value is -0.770. The Morgan fingerprint density at radius 3 is 2.18 bits per heavy atom. The minimum Gasteiger partial charge on any atom is -0.444 e. The maximum absolute atomic E-state index is 11.8. The molecule has 4 nitrogen and oxygen atoms in total. The van der Waals surface area contributed by atoms with Crippen LogP contribution in [0.15, 0.2) is 0 Å². The lowest BCUT2D eigenvalue weighted by Crippen LogP contribution is -2.61. The summed E-state index contributed by atoms with van der Waals surface area (Å²) in [6.45, 7) is 5.75. The first-order chi connectivity index (χ1) is 7.83. The second kappa shape index (κ2) is 3.87. The molecule has 1 amide bonds. The number of aliphatic hydroxyl groups excluding tert-OH is 1. The lowest BCUT2D eigenvalue weighted by Gasteiger charge is -2.48. The molecule has 2 fully saturated rings. The molecule has 98 valence electrons. The monoisotopic (exact) mass is 241 g/mol. The third-order valence-electron chi connectivity index (χ3n) is 4.12. The fourth-order valence-corrected chi connectivity index (χ4v) is 2.76. The van der Waals surface area contributed by atoms with Crippen molar-refractivity contribution in [1.82, 2.24) is 5.32 Å². The molecule has 0 spiro atoms. The van der Waals surface area contributed by atoms with Gasteiger partial charge in [-0.2, -0.15) is 0 Å². The van der Waals surface area contributed by atoms with Crippen LogP contribution in [0, 0.1) is 5.41 Å². The minimum atomic E-state index is -0.467. The van der Waals surface area contributed by atoms with E-state index in [1.807, 2.05) is 20.8 Å². The van der Waals surface area contributed by atoms with Gasteiger partial charge in [0.25, 0.3) is 0 Å².